The molecule has 0 spiro atoms. The Bertz CT molecular complexity index is 1770. The largest absolute Gasteiger partial charge is 0.468 e. The number of aliphatic hydroxyl groups is 1. The number of aromatic amines is 3. The van der Waals surface area contributed by atoms with E-state index in [0.717, 1.165) is 79.1 Å². The van der Waals surface area contributed by atoms with E-state index in [1.165, 1.54) is 18.2 Å². The Morgan fingerprint density at radius 1 is 0.975 bits per heavy atom. The molecule has 5 heterocycles. The number of carbonyl (C=O) groups excluding carboxylic acids is 1. The SMILES string of the molecule is C=Cc1c2[nH]c(c1C)/C=C1\N/C(=C3\c4[nH]c(c(C)c4C(O)[C@@H]3C(=O)OC)/C=c3\[nH]/c(c(C)c3CC)=C\2)[C@@H](C)[C@@H]1C. The van der Waals surface area contributed by atoms with Gasteiger partial charge in [-0.2, -0.15) is 0 Å². The predicted octanol–water partition coefficient (Wildman–Crippen LogP) is 4.24. The molecule has 208 valence electrons. The van der Waals surface area contributed by atoms with Crippen molar-refractivity contribution in [1.82, 2.24) is 20.3 Å². The van der Waals surface area contributed by atoms with Crippen LogP contribution in [0, 0.1) is 38.5 Å². The van der Waals surface area contributed by atoms with Crippen molar-refractivity contribution >= 4 is 35.8 Å². The summed E-state index contributed by atoms with van der Waals surface area (Å²) in [5.74, 6) is -0.979. The van der Waals surface area contributed by atoms with Gasteiger partial charge in [0.05, 0.1) is 18.9 Å². The fourth-order valence-electron chi connectivity index (χ4n) is 6.91. The van der Waals surface area contributed by atoms with Crippen LogP contribution in [0.15, 0.2) is 18.0 Å². The molecule has 6 rings (SSSR count). The summed E-state index contributed by atoms with van der Waals surface area (Å²) in [5.41, 5.74) is 12.9. The second-order valence-corrected chi connectivity index (χ2v) is 11.4. The number of allylic oxidation sites excluding steroid dienone is 2. The Hall–Kier alpha value is -3.97. The molecule has 0 radical (unpaired) electrons. The average Bonchev–Trinajstić information content (AvgIpc) is 3.66. The maximum absolute atomic E-state index is 13.1. The van der Waals surface area contributed by atoms with E-state index in [4.69, 9.17) is 4.74 Å². The summed E-state index contributed by atoms with van der Waals surface area (Å²) in [5, 5.41) is 17.3. The fourth-order valence-corrected chi connectivity index (χ4v) is 6.91. The monoisotopic (exact) mass is 538 g/mol. The van der Waals surface area contributed by atoms with Crippen LogP contribution in [0.2, 0.25) is 0 Å². The topological polar surface area (TPSA) is 106 Å². The van der Waals surface area contributed by atoms with E-state index in [1.54, 1.807) is 0 Å². The summed E-state index contributed by atoms with van der Waals surface area (Å²) < 4.78 is 5.21. The first kappa shape index (κ1) is 26.3. The highest BCUT2D eigenvalue weighted by Crippen LogP contribution is 2.51. The fraction of sp³-hybridized carbons (Fsp3) is 0.364. The molecule has 4 atom stereocenters. The highest BCUT2D eigenvalue weighted by atomic mass is 16.5. The Kier molecular flexibility index (Phi) is 6.11. The number of aromatic nitrogens is 3. The molecule has 2 aliphatic heterocycles. The third kappa shape index (κ3) is 3.57. The van der Waals surface area contributed by atoms with Crippen LogP contribution in [-0.4, -0.2) is 33.1 Å². The van der Waals surface area contributed by atoms with Crippen molar-refractivity contribution in [2.45, 2.75) is 54.1 Å². The zero-order valence-electron chi connectivity index (χ0n) is 24.3. The van der Waals surface area contributed by atoms with E-state index in [1.807, 2.05) is 13.0 Å². The van der Waals surface area contributed by atoms with Gasteiger partial charge in [-0.05, 0) is 67.7 Å². The second-order valence-electron chi connectivity index (χ2n) is 11.4. The van der Waals surface area contributed by atoms with Crippen LogP contribution in [0.3, 0.4) is 0 Å². The van der Waals surface area contributed by atoms with E-state index in [0.29, 0.717) is 0 Å². The van der Waals surface area contributed by atoms with E-state index in [-0.39, 0.29) is 11.8 Å². The first-order chi connectivity index (χ1) is 19.1. The standard InChI is InChI=1S/C33H38N4O3/c1-9-19-16(5)22-11-21-14(3)15(4)30(36-21)28-29(33(39)40-8)32(38)27-18(7)24(37-31(27)28)13-26-20(10-2)17(6)23(35-26)12-25(19)34-22/h9,11-15,29,32,34-38H,1,10H2,2-8H3/b21-11-,23-12-,26-13-,30-28-/t14-,15-,29+,32?/m0/s1. The third-order valence-corrected chi connectivity index (χ3v) is 9.50. The molecule has 8 bridgehead atoms. The maximum Gasteiger partial charge on any atom is 0.316 e. The van der Waals surface area contributed by atoms with E-state index in [2.05, 4.69) is 79.7 Å². The quantitative estimate of drug-likeness (QED) is 0.322. The van der Waals surface area contributed by atoms with E-state index < -0.39 is 18.0 Å². The summed E-state index contributed by atoms with van der Waals surface area (Å²) in [6.45, 7) is 16.9. The molecule has 1 aliphatic carbocycles. The molecule has 1 saturated heterocycles. The van der Waals surface area contributed by atoms with Gasteiger partial charge in [0.15, 0.2) is 0 Å². The van der Waals surface area contributed by atoms with Gasteiger partial charge in [-0.15, -0.1) is 0 Å². The summed E-state index contributed by atoms with van der Waals surface area (Å²) >= 11 is 0. The lowest BCUT2D eigenvalue weighted by Gasteiger charge is -2.19. The van der Waals surface area contributed by atoms with Gasteiger partial charge >= 0.3 is 5.97 Å². The molecule has 7 heteroatoms. The molecule has 0 amide bonds. The van der Waals surface area contributed by atoms with Crippen LogP contribution in [0.25, 0.3) is 29.9 Å². The first-order valence-corrected chi connectivity index (χ1v) is 14.1. The zero-order chi connectivity index (χ0) is 28.6. The Morgan fingerprint density at radius 2 is 1.68 bits per heavy atom. The van der Waals surface area contributed by atoms with Crippen LogP contribution >= 0.6 is 0 Å². The molecule has 1 unspecified atom stereocenters. The van der Waals surface area contributed by atoms with Gasteiger partial charge in [0, 0.05) is 67.7 Å². The van der Waals surface area contributed by atoms with Gasteiger partial charge in [0.1, 0.15) is 5.92 Å². The number of aliphatic hydroxyl groups excluding tert-OH is 1. The minimum absolute atomic E-state index is 0.0957. The van der Waals surface area contributed by atoms with Crippen molar-refractivity contribution in [3.05, 3.63) is 84.8 Å². The number of H-pyrrole nitrogens is 3. The molecule has 1 fully saturated rings. The van der Waals surface area contributed by atoms with Crippen LogP contribution < -0.4 is 16.0 Å². The third-order valence-electron chi connectivity index (χ3n) is 9.50. The molecular weight excluding hydrogens is 500 g/mol. The number of rotatable bonds is 3. The van der Waals surface area contributed by atoms with Gasteiger partial charge in [-0.25, -0.2) is 0 Å². The number of hydrogen-bond donors (Lipinski definition) is 5. The maximum atomic E-state index is 13.1. The normalized spacial score (nSPS) is 27.8. The molecular formula is C33H38N4O3. The number of ether oxygens (including phenoxy) is 1. The Labute approximate surface area is 234 Å². The van der Waals surface area contributed by atoms with Crippen LogP contribution in [0.5, 0.6) is 0 Å². The van der Waals surface area contributed by atoms with Crippen molar-refractivity contribution < 1.29 is 14.6 Å². The minimum atomic E-state index is -0.997. The number of fused-ring (bicyclic) bond motifs is 7. The van der Waals surface area contributed by atoms with Crippen molar-refractivity contribution in [3.63, 3.8) is 0 Å². The van der Waals surface area contributed by atoms with Crippen LogP contribution in [-0.2, 0) is 16.0 Å². The van der Waals surface area contributed by atoms with Crippen molar-refractivity contribution in [2.75, 3.05) is 7.11 Å². The number of carbonyl (C=O) groups is 1. The Morgan fingerprint density at radius 3 is 2.35 bits per heavy atom. The molecule has 5 N–H and O–H groups in total. The number of methoxy groups -OCH3 is 1. The smallest absolute Gasteiger partial charge is 0.316 e. The highest BCUT2D eigenvalue weighted by molar-refractivity contribution is 5.95. The van der Waals surface area contributed by atoms with Gasteiger partial charge in [0.25, 0.3) is 0 Å². The highest BCUT2D eigenvalue weighted by Gasteiger charge is 2.47. The molecule has 3 aromatic rings. The van der Waals surface area contributed by atoms with Crippen molar-refractivity contribution in [2.24, 2.45) is 17.8 Å². The predicted molar refractivity (Wildman–Crippen MR) is 159 cm³/mol. The summed E-state index contributed by atoms with van der Waals surface area (Å²) in [7, 11) is 1.38. The summed E-state index contributed by atoms with van der Waals surface area (Å²) in [4.78, 5) is 24.0. The zero-order valence-corrected chi connectivity index (χ0v) is 24.3. The van der Waals surface area contributed by atoms with Crippen molar-refractivity contribution in [3.8, 4) is 0 Å². The number of esters is 1. The van der Waals surface area contributed by atoms with Gasteiger partial charge < -0.3 is 30.1 Å². The summed E-state index contributed by atoms with van der Waals surface area (Å²) in [6, 6.07) is 0. The molecule has 3 aliphatic rings. The molecule has 7 nitrogen and oxygen atoms in total. The van der Waals surface area contributed by atoms with Gasteiger partial charge in [0.2, 0.25) is 0 Å². The lowest BCUT2D eigenvalue weighted by molar-refractivity contribution is -0.146. The van der Waals surface area contributed by atoms with Crippen molar-refractivity contribution in [1.29, 1.82) is 0 Å². The lowest BCUT2D eigenvalue weighted by atomic mass is 9.89. The van der Waals surface area contributed by atoms with E-state index in [9.17, 15) is 9.90 Å². The van der Waals surface area contributed by atoms with E-state index >= 15 is 0 Å². The molecule has 3 aromatic heterocycles. The first-order valence-electron chi connectivity index (χ1n) is 14.1. The Balaban J connectivity index is 1.74. The minimum Gasteiger partial charge on any atom is -0.468 e. The molecule has 0 aromatic carbocycles. The summed E-state index contributed by atoms with van der Waals surface area (Å²) in [6.07, 6.45) is 8.26. The molecule has 0 saturated carbocycles. The number of nitrogens with one attached hydrogen (secondary N) is 4. The van der Waals surface area contributed by atoms with Gasteiger partial charge in [-0.3, -0.25) is 4.79 Å². The molecule has 40 heavy (non-hydrogen) atoms. The average molecular weight is 539 g/mol. The van der Waals surface area contributed by atoms with Crippen LogP contribution in [0.4, 0.5) is 0 Å². The second kappa shape index (κ2) is 9.30. The lowest BCUT2D eigenvalue weighted by Crippen LogP contribution is -2.23. The van der Waals surface area contributed by atoms with Crippen LogP contribution in [0.1, 0.15) is 83.0 Å². The number of hydrogen-bond acceptors (Lipinski definition) is 4. The van der Waals surface area contributed by atoms with Gasteiger partial charge in [-0.1, -0.05) is 33.4 Å².